The molecule has 0 saturated heterocycles. The van der Waals surface area contributed by atoms with Crippen LogP contribution in [0.3, 0.4) is 0 Å². The van der Waals surface area contributed by atoms with Crippen molar-refractivity contribution in [2.24, 2.45) is 34.4 Å². The van der Waals surface area contributed by atoms with Gasteiger partial charge in [-0.3, -0.25) is 0 Å². The molecular formula is C3H12N6S3Zn. The van der Waals surface area contributed by atoms with Crippen molar-refractivity contribution in [3.8, 4) is 0 Å². The summed E-state index contributed by atoms with van der Waals surface area (Å²) in [6, 6.07) is 0. The van der Waals surface area contributed by atoms with Gasteiger partial charge in [-0.2, -0.15) is 0 Å². The average Bonchev–Trinajstić information content (AvgIpc) is 1.54. The van der Waals surface area contributed by atoms with Gasteiger partial charge in [0.2, 0.25) is 0 Å². The monoisotopic (exact) mass is 292 g/mol. The summed E-state index contributed by atoms with van der Waals surface area (Å²) in [6.45, 7) is 0. The first-order chi connectivity index (χ1) is 5.20. The second-order valence-corrected chi connectivity index (χ2v) is 2.62. The smallest absolute Gasteiger partial charge is 0.160 e. The maximum Gasteiger partial charge on any atom is 0.160 e. The standard InChI is InChI=1S/3CH4N2S.Zn/c3*2-1(3)4;/h3*(H4,2,3,4);. The van der Waals surface area contributed by atoms with E-state index in [0.29, 0.717) is 0 Å². The summed E-state index contributed by atoms with van der Waals surface area (Å²) in [5, 5.41) is 0.000000000000000666. The Morgan fingerprint density at radius 3 is 0.538 bits per heavy atom. The maximum atomic E-state index is 4.62. The molecule has 0 aromatic heterocycles. The van der Waals surface area contributed by atoms with Crippen molar-refractivity contribution in [2.75, 3.05) is 0 Å². The van der Waals surface area contributed by atoms with Gasteiger partial charge in [0.25, 0.3) is 0 Å². The van der Waals surface area contributed by atoms with Crippen molar-refractivity contribution in [3.05, 3.63) is 0 Å². The van der Waals surface area contributed by atoms with Gasteiger partial charge in [-0.1, -0.05) is 0 Å². The summed E-state index contributed by atoms with van der Waals surface area (Å²) in [5.74, 6) is 0. The molecule has 12 N–H and O–H groups in total. The molecule has 0 unspecified atom stereocenters. The van der Waals surface area contributed by atoms with E-state index in [4.69, 9.17) is 0 Å². The van der Waals surface area contributed by atoms with Crippen molar-refractivity contribution in [1.29, 1.82) is 0 Å². The van der Waals surface area contributed by atoms with Gasteiger partial charge >= 0.3 is 0 Å². The summed E-state index contributed by atoms with van der Waals surface area (Å²) in [6.07, 6.45) is 0. The normalized spacial score (nSPS) is 5.54. The van der Waals surface area contributed by atoms with Crippen LogP contribution in [0.4, 0.5) is 0 Å². The van der Waals surface area contributed by atoms with Crippen LogP contribution in [0.5, 0.6) is 0 Å². The molecule has 0 fully saturated rings. The van der Waals surface area contributed by atoms with E-state index in [2.05, 4.69) is 71.1 Å². The van der Waals surface area contributed by atoms with Crippen LogP contribution in [0.1, 0.15) is 0 Å². The average molecular weight is 294 g/mol. The van der Waals surface area contributed by atoms with Crippen molar-refractivity contribution < 1.29 is 19.5 Å². The fourth-order valence-corrected chi connectivity index (χ4v) is 0. The Morgan fingerprint density at radius 1 is 0.538 bits per heavy atom. The largest absolute Gasteiger partial charge is 0.377 e. The van der Waals surface area contributed by atoms with Gasteiger partial charge in [0.05, 0.1) is 0 Å². The summed E-state index contributed by atoms with van der Waals surface area (Å²) in [5.41, 5.74) is 27.7. The van der Waals surface area contributed by atoms with Crippen LogP contribution < -0.4 is 34.4 Å². The Morgan fingerprint density at radius 2 is 0.538 bits per heavy atom. The molecule has 0 rings (SSSR count). The first kappa shape index (κ1) is 23.0. The second kappa shape index (κ2) is 17.7. The first-order valence-electron chi connectivity index (χ1n) is 2.34. The molecule has 74 valence electrons. The molecule has 10 heteroatoms. The molecule has 0 bridgehead atoms. The molecule has 6 nitrogen and oxygen atoms in total. The zero-order valence-electron chi connectivity index (χ0n) is 6.90. The molecular weight excluding hydrogens is 282 g/mol. The van der Waals surface area contributed by atoms with Crippen molar-refractivity contribution >= 4 is 52.0 Å². The fraction of sp³-hybridized carbons (Fsp3) is 0. The zero-order valence-corrected chi connectivity index (χ0v) is 12.3. The van der Waals surface area contributed by atoms with Gasteiger partial charge in [0.1, 0.15) is 0 Å². The Balaban J connectivity index is -0.0000000450. The van der Waals surface area contributed by atoms with Crippen LogP contribution in [-0.2, 0) is 19.5 Å². The minimum absolute atomic E-state index is 0. The van der Waals surface area contributed by atoms with Crippen LogP contribution in [0.2, 0.25) is 0 Å². The predicted octanol–water partition coefficient (Wildman–Crippen LogP) is -2.44. The Kier molecular flexibility index (Phi) is 31.3. The Labute approximate surface area is 105 Å². The third kappa shape index (κ3) is 11700. The summed E-state index contributed by atoms with van der Waals surface area (Å²) < 4.78 is 0. The van der Waals surface area contributed by atoms with Gasteiger partial charge in [0.15, 0.2) is 15.3 Å². The molecule has 0 aliphatic carbocycles. The number of hydrogen-bond acceptors (Lipinski definition) is 3. The van der Waals surface area contributed by atoms with E-state index in [9.17, 15) is 0 Å². The zero-order chi connectivity index (χ0) is 10.7. The topological polar surface area (TPSA) is 156 Å². The minimum atomic E-state index is 0. The Bertz CT molecular complexity index is 121. The van der Waals surface area contributed by atoms with Crippen LogP contribution in [0.25, 0.3) is 0 Å². The Hall–Kier alpha value is -0.307. The maximum absolute atomic E-state index is 4.62. The van der Waals surface area contributed by atoms with Gasteiger partial charge in [0, 0.05) is 19.5 Å². The molecule has 0 aromatic rings. The third-order valence-electron chi connectivity index (χ3n) is 0. The van der Waals surface area contributed by atoms with Crippen molar-refractivity contribution in [1.82, 2.24) is 0 Å². The van der Waals surface area contributed by atoms with E-state index in [1.165, 1.54) is 0 Å². The van der Waals surface area contributed by atoms with Gasteiger partial charge in [-0.25, -0.2) is 0 Å². The quantitative estimate of drug-likeness (QED) is 0.211. The first-order valence-corrected chi connectivity index (χ1v) is 3.57. The number of nitrogens with two attached hydrogens (primary N) is 6. The second-order valence-electron chi connectivity index (χ2n) is 1.21. The summed E-state index contributed by atoms with van der Waals surface area (Å²) >= 11 is 12.3. The van der Waals surface area contributed by atoms with Gasteiger partial charge < -0.3 is 34.4 Å². The molecule has 0 aromatic carbocycles. The molecule has 13 heavy (non-hydrogen) atoms. The molecule has 0 spiro atoms. The van der Waals surface area contributed by atoms with Crippen LogP contribution in [-0.4, -0.2) is 15.3 Å². The molecule has 0 heterocycles. The molecule has 0 aliphatic heterocycles. The van der Waals surface area contributed by atoms with E-state index in [-0.39, 0.29) is 34.8 Å². The van der Waals surface area contributed by atoms with E-state index in [1.807, 2.05) is 0 Å². The molecule has 0 saturated carbocycles. The van der Waals surface area contributed by atoms with E-state index in [1.54, 1.807) is 0 Å². The van der Waals surface area contributed by atoms with E-state index in [0.717, 1.165) is 0 Å². The molecule has 0 atom stereocenters. The van der Waals surface area contributed by atoms with E-state index < -0.39 is 0 Å². The van der Waals surface area contributed by atoms with E-state index >= 15 is 0 Å². The summed E-state index contributed by atoms with van der Waals surface area (Å²) in [4.78, 5) is 0. The number of rotatable bonds is 0. The van der Waals surface area contributed by atoms with Gasteiger partial charge in [-0.15, -0.1) is 0 Å². The molecule has 0 aliphatic rings. The predicted molar refractivity (Wildman–Crippen MR) is 62.9 cm³/mol. The molecule has 0 radical (unpaired) electrons. The fourth-order valence-electron chi connectivity index (χ4n) is 0. The number of hydrogen-bond donors (Lipinski definition) is 6. The summed E-state index contributed by atoms with van der Waals surface area (Å²) in [7, 11) is 0. The van der Waals surface area contributed by atoms with Crippen molar-refractivity contribution in [2.45, 2.75) is 0 Å². The number of thiocarbonyl (C=S) groups is 3. The minimum Gasteiger partial charge on any atom is -0.377 e. The van der Waals surface area contributed by atoms with Crippen LogP contribution >= 0.6 is 36.7 Å². The third-order valence-corrected chi connectivity index (χ3v) is 0. The van der Waals surface area contributed by atoms with Crippen LogP contribution in [0, 0.1) is 0 Å². The SMILES string of the molecule is NC(N)=S.NC(N)=S.NC(N)=S.[Zn]. The van der Waals surface area contributed by atoms with Gasteiger partial charge in [-0.05, 0) is 36.7 Å². The van der Waals surface area contributed by atoms with Crippen LogP contribution in [0.15, 0.2) is 0 Å². The van der Waals surface area contributed by atoms with Crippen molar-refractivity contribution in [3.63, 3.8) is 0 Å². The molecule has 0 amide bonds.